The van der Waals surface area contributed by atoms with E-state index in [2.05, 4.69) is 0 Å². The fourth-order valence-electron chi connectivity index (χ4n) is 11.7. The van der Waals surface area contributed by atoms with Gasteiger partial charge >= 0.3 is 35.8 Å². The van der Waals surface area contributed by atoms with Gasteiger partial charge in [-0.1, -0.05) is 20.8 Å². The van der Waals surface area contributed by atoms with Gasteiger partial charge in [-0.05, 0) is 25.3 Å². The number of cyclic esters (lactones) is 1. The summed E-state index contributed by atoms with van der Waals surface area (Å²) in [6.45, 7) is 10.2. The number of furan rings is 1. The molecule has 5 aliphatic rings. The molecule has 14 heteroatoms. The van der Waals surface area contributed by atoms with Crippen LogP contribution in [0.4, 0.5) is 0 Å². The molecular weight excluding hydrogens is 644 g/mol. The largest absolute Gasteiger partial charge is 0.472 e. The molecule has 0 amide bonds. The summed E-state index contributed by atoms with van der Waals surface area (Å²) in [7, 11) is 1.15. The lowest BCUT2D eigenvalue weighted by molar-refractivity contribution is -0.358. The first-order valence-electron chi connectivity index (χ1n) is 16.6. The van der Waals surface area contributed by atoms with Crippen LogP contribution in [0.3, 0.4) is 0 Å². The number of methoxy groups -OCH3 is 1. The molecule has 14 nitrogen and oxygen atoms in total. The molecule has 49 heavy (non-hydrogen) atoms. The van der Waals surface area contributed by atoms with Crippen LogP contribution >= 0.6 is 0 Å². The van der Waals surface area contributed by atoms with Crippen LogP contribution in [0.15, 0.2) is 23.0 Å². The Bertz CT molecular complexity index is 1590. The summed E-state index contributed by atoms with van der Waals surface area (Å²) in [5.41, 5.74) is -6.69. The normalized spacial score (nSPS) is 43.6. The van der Waals surface area contributed by atoms with E-state index in [1.165, 1.54) is 33.3 Å². The molecule has 6 rings (SSSR count). The summed E-state index contributed by atoms with van der Waals surface area (Å²) in [5.74, 6) is -8.52. The van der Waals surface area contributed by atoms with Gasteiger partial charge in [0.25, 0.3) is 0 Å². The van der Waals surface area contributed by atoms with Crippen LogP contribution in [0.2, 0.25) is 0 Å². The number of ether oxygens (including phenoxy) is 6. The number of hydrogen-bond acceptors (Lipinski definition) is 14. The molecule has 5 fully saturated rings. The molecule has 2 bridgehead atoms. The predicted octanol–water partition coefficient (Wildman–Crippen LogP) is 2.98. The molecule has 1 aromatic heterocycles. The zero-order valence-electron chi connectivity index (χ0n) is 28.9. The maximum Gasteiger partial charge on any atom is 0.347 e. The summed E-state index contributed by atoms with van der Waals surface area (Å²) in [6.07, 6.45) is -1.83. The van der Waals surface area contributed by atoms with Crippen LogP contribution in [0, 0.1) is 39.9 Å². The van der Waals surface area contributed by atoms with Crippen molar-refractivity contribution >= 4 is 35.8 Å². The molecule has 1 N–H and O–H groups in total. The summed E-state index contributed by atoms with van der Waals surface area (Å²) in [6, 6.07) is 1.68. The third-order valence-electron chi connectivity index (χ3n) is 12.8. The number of esters is 6. The van der Waals surface area contributed by atoms with Crippen LogP contribution in [0.25, 0.3) is 0 Å². The number of carbonyl (C=O) groups is 6. The van der Waals surface area contributed by atoms with Crippen molar-refractivity contribution in [3.63, 3.8) is 0 Å². The first-order chi connectivity index (χ1) is 22.8. The lowest BCUT2D eigenvalue weighted by Crippen LogP contribution is -2.82. The molecular formula is C35H44O14. The van der Waals surface area contributed by atoms with Crippen molar-refractivity contribution in [2.45, 2.75) is 110 Å². The van der Waals surface area contributed by atoms with E-state index in [-0.39, 0.29) is 19.3 Å². The maximum absolute atomic E-state index is 13.6. The number of hydrogen-bond donors (Lipinski definition) is 1. The minimum atomic E-state index is -2.05. The Morgan fingerprint density at radius 1 is 0.918 bits per heavy atom. The summed E-state index contributed by atoms with van der Waals surface area (Å²) < 4.78 is 40.7. The smallest absolute Gasteiger partial charge is 0.347 e. The minimum Gasteiger partial charge on any atom is -0.472 e. The highest BCUT2D eigenvalue weighted by molar-refractivity contribution is 5.80. The van der Waals surface area contributed by atoms with Crippen molar-refractivity contribution in [1.29, 1.82) is 0 Å². The zero-order valence-corrected chi connectivity index (χ0v) is 28.9. The first-order valence-corrected chi connectivity index (χ1v) is 16.6. The summed E-state index contributed by atoms with van der Waals surface area (Å²) >= 11 is 0. The van der Waals surface area contributed by atoms with Gasteiger partial charge in [-0.15, -0.1) is 0 Å². The fourth-order valence-corrected chi connectivity index (χ4v) is 11.7. The SMILES string of the molecule is COC(=O)[C@@H](OC(C)=O)[C@@H]1[C@]2(C)C[C@@]3(OC(C)=O)[C@@H]([C@H]2OC(C)=O)[C@@H](OC(C)=O)[C@@]2(O)[C@@H](CC[C@@]4(C)[C@@H](c5ccoc5)OC(=O)C[C@@H]42)[C@@]13C. The van der Waals surface area contributed by atoms with Crippen molar-refractivity contribution in [1.82, 2.24) is 0 Å². The van der Waals surface area contributed by atoms with Crippen molar-refractivity contribution in [2.24, 2.45) is 39.9 Å². The molecule has 2 heterocycles. The predicted molar refractivity (Wildman–Crippen MR) is 162 cm³/mol. The third kappa shape index (κ3) is 4.54. The van der Waals surface area contributed by atoms with E-state index < -0.39 is 111 Å². The number of aliphatic hydroxyl groups is 1. The standard InChI is InChI=1S/C35H44O14/c1-16(36)45-25(30(41)43-8)26-32(6)15-34(49-19(4)39)24(28(32)46-17(2)37)29(47-18(3)38)35(42)21(33(26,34)7)9-11-31(5)22(35)13-23(40)48-27(31)20-10-12-44-14-20/h10,12,14,21-22,24-29,42H,9,11,13,15H2,1-8H3/t21-,22-,24-,25-,26+,27+,28+,29+,31+,32-,33-,34+,35+/m0/s1. The molecule has 0 unspecified atom stereocenters. The van der Waals surface area contributed by atoms with E-state index in [9.17, 15) is 33.9 Å². The van der Waals surface area contributed by atoms with Crippen LogP contribution in [0.5, 0.6) is 0 Å². The van der Waals surface area contributed by atoms with E-state index in [1.807, 2.05) is 6.92 Å². The average molecular weight is 689 g/mol. The fraction of sp³-hybridized carbons (Fsp3) is 0.714. The van der Waals surface area contributed by atoms with Gasteiger partial charge in [0.1, 0.15) is 29.5 Å². The molecule has 0 aromatic carbocycles. The monoisotopic (exact) mass is 688 g/mol. The Labute approximate surface area is 283 Å². The Hall–Kier alpha value is -3.94. The molecule has 4 aliphatic carbocycles. The average Bonchev–Trinajstić information content (AvgIpc) is 3.65. The second-order valence-electron chi connectivity index (χ2n) is 15.2. The molecule has 13 atom stereocenters. The number of fused-ring (bicyclic) bond motifs is 5. The third-order valence-corrected chi connectivity index (χ3v) is 12.8. The van der Waals surface area contributed by atoms with Crippen molar-refractivity contribution < 1.29 is 66.7 Å². The van der Waals surface area contributed by atoms with Crippen LogP contribution in [-0.4, -0.2) is 77.5 Å². The van der Waals surface area contributed by atoms with Crippen molar-refractivity contribution in [3.05, 3.63) is 24.2 Å². The van der Waals surface area contributed by atoms with Gasteiger partial charge in [0, 0.05) is 67.3 Å². The van der Waals surface area contributed by atoms with Gasteiger partial charge in [0.2, 0.25) is 6.10 Å². The van der Waals surface area contributed by atoms with Crippen LogP contribution in [-0.2, 0) is 57.2 Å². The van der Waals surface area contributed by atoms with E-state index >= 15 is 0 Å². The highest BCUT2D eigenvalue weighted by Crippen LogP contribution is 2.82. The van der Waals surface area contributed by atoms with Crippen LogP contribution < -0.4 is 0 Å². The summed E-state index contributed by atoms with van der Waals surface area (Å²) in [4.78, 5) is 78.8. The van der Waals surface area contributed by atoms with Gasteiger partial charge < -0.3 is 37.9 Å². The summed E-state index contributed by atoms with van der Waals surface area (Å²) in [5, 5.41) is 13.6. The van der Waals surface area contributed by atoms with Gasteiger partial charge in [-0.25, -0.2) is 4.79 Å². The lowest BCUT2D eigenvalue weighted by Gasteiger charge is -2.72. The van der Waals surface area contributed by atoms with Crippen molar-refractivity contribution in [2.75, 3.05) is 7.11 Å². The highest BCUT2D eigenvalue weighted by atomic mass is 16.6. The Morgan fingerprint density at radius 3 is 2.12 bits per heavy atom. The van der Waals surface area contributed by atoms with Crippen LogP contribution in [0.1, 0.15) is 85.8 Å². The molecule has 0 spiro atoms. The van der Waals surface area contributed by atoms with Gasteiger partial charge in [-0.2, -0.15) is 0 Å². The Kier molecular flexibility index (Phi) is 8.04. The highest BCUT2D eigenvalue weighted by Gasteiger charge is 2.91. The maximum atomic E-state index is 13.6. The second-order valence-corrected chi connectivity index (χ2v) is 15.2. The van der Waals surface area contributed by atoms with Gasteiger partial charge in [-0.3, -0.25) is 24.0 Å². The quantitative estimate of drug-likeness (QED) is 0.325. The van der Waals surface area contributed by atoms with E-state index in [0.29, 0.717) is 12.0 Å². The molecule has 1 aliphatic heterocycles. The molecule has 1 aromatic rings. The van der Waals surface area contributed by atoms with E-state index in [4.69, 9.17) is 32.8 Å². The Balaban J connectivity index is 1.67. The van der Waals surface area contributed by atoms with E-state index in [1.54, 1.807) is 19.9 Å². The van der Waals surface area contributed by atoms with E-state index in [0.717, 1.165) is 14.0 Å². The van der Waals surface area contributed by atoms with Gasteiger partial charge in [0.15, 0.2) is 0 Å². The minimum absolute atomic E-state index is 0.00405. The second kappa shape index (κ2) is 11.3. The topological polar surface area (TPSA) is 191 Å². The lowest BCUT2D eigenvalue weighted by atomic mass is 9.36. The molecule has 0 radical (unpaired) electrons. The zero-order chi connectivity index (χ0) is 36.1. The first kappa shape index (κ1) is 34.9. The molecule has 4 saturated carbocycles. The number of carbonyl (C=O) groups excluding carboxylic acids is 6. The Morgan fingerprint density at radius 2 is 1.57 bits per heavy atom. The molecule has 268 valence electrons. The van der Waals surface area contributed by atoms with Gasteiger partial charge in [0.05, 0.1) is 32.0 Å². The number of rotatable bonds is 7. The molecule has 1 saturated heterocycles. The van der Waals surface area contributed by atoms with Crippen molar-refractivity contribution in [3.8, 4) is 0 Å².